The highest BCUT2D eigenvalue weighted by Gasteiger charge is 2.32. The standard InChI is InChI=1S/C34H31ClN4O3S/c1-6-25-20(10-14-27(36)38-25)9-13-24-18-22(15-16-37-24)32-39-26-17-19(2)28(30(33(40)41)42-34(3,4)5)29(31(26)43-32)21-7-11-23(35)12-8-21/h6-18,30H,1H2,2-5H3,(H2,36,38)(H,40,41)/b13-9+/t30-/m0/s1. The van der Waals surface area contributed by atoms with E-state index in [1.165, 1.54) is 11.3 Å². The van der Waals surface area contributed by atoms with E-state index in [1.54, 1.807) is 30.5 Å². The van der Waals surface area contributed by atoms with Crippen LogP contribution < -0.4 is 5.73 Å². The number of halogens is 1. The van der Waals surface area contributed by atoms with E-state index < -0.39 is 17.7 Å². The number of aliphatic carboxylic acids is 1. The fraction of sp³-hybridized carbons (Fsp3) is 0.176. The van der Waals surface area contributed by atoms with Gasteiger partial charge in [0.2, 0.25) is 0 Å². The summed E-state index contributed by atoms with van der Waals surface area (Å²) in [5, 5.41) is 11.7. The fourth-order valence-electron chi connectivity index (χ4n) is 4.82. The molecule has 0 aliphatic rings. The predicted octanol–water partition coefficient (Wildman–Crippen LogP) is 8.72. The highest BCUT2D eigenvalue weighted by molar-refractivity contribution is 7.22. The molecule has 0 saturated carbocycles. The molecule has 7 nitrogen and oxygen atoms in total. The zero-order chi connectivity index (χ0) is 30.9. The van der Waals surface area contributed by atoms with Gasteiger partial charge in [0.05, 0.1) is 27.2 Å². The van der Waals surface area contributed by atoms with E-state index in [4.69, 9.17) is 27.1 Å². The average molecular weight is 611 g/mol. The Kier molecular flexibility index (Phi) is 8.46. The van der Waals surface area contributed by atoms with Gasteiger partial charge in [0.15, 0.2) is 6.10 Å². The maximum atomic E-state index is 12.6. The molecule has 0 fully saturated rings. The van der Waals surface area contributed by atoms with E-state index >= 15 is 0 Å². The quantitative estimate of drug-likeness (QED) is 0.181. The summed E-state index contributed by atoms with van der Waals surface area (Å²) in [4.78, 5) is 26.4. The van der Waals surface area contributed by atoms with Gasteiger partial charge in [-0.05, 0) is 93.4 Å². The molecule has 9 heteroatoms. The second-order valence-electron chi connectivity index (χ2n) is 11.0. The van der Waals surface area contributed by atoms with Crippen molar-refractivity contribution in [1.29, 1.82) is 0 Å². The predicted molar refractivity (Wildman–Crippen MR) is 177 cm³/mol. The van der Waals surface area contributed by atoms with Crippen molar-refractivity contribution < 1.29 is 14.6 Å². The molecule has 3 heterocycles. The van der Waals surface area contributed by atoms with Crippen LogP contribution in [0.3, 0.4) is 0 Å². The third kappa shape index (κ3) is 6.67. The number of benzene rings is 2. The Bertz CT molecular complexity index is 1870. The van der Waals surface area contributed by atoms with Gasteiger partial charge in [0.25, 0.3) is 0 Å². The number of nitrogens with two attached hydrogens (primary N) is 1. The molecule has 0 aliphatic heterocycles. The number of nitrogens with zero attached hydrogens (tertiary/aromatic N) is 3. The molecule has 1 atom stereocenters. The molecular weight excluding hydrogens is 580 g/mol. The number of anilines is 1. The van der Waals surface area contributed by atoms with Crippen molar-refractivity contribution in [1.82, 2.24) is 15.0 Å². The summed E-state index contributed by atoms with van der Waals surface area (Å²) in [6.07, 6.45) is 6.05. The van der Waals surface area contributed by atoms with Crippen molar-refractivity contribution >= 4 is 63.2 Å². The van der Waals surface area contributed by atoms with Gasteiger partial charge in [-0.1, -0.05) is 36.4 Å². The lowest BCUT2D eigenvalue weighted by atomic mass is 9.91. The van der Waals surface area contributed by atoms with Gasteiger partial charge in [-0.3, -0.25) is 4.98 Å². The van der Waals surface area contributed by atoms with E-state index in [1.807, 2.05) is 76.2 Å². The molecule has 0 aliphatic carbocycles. The first-order valence-corrected chi connectivity index (χ1v) is 14.8. The van der Waals surface area contributed by atoms with Crippen molar-refractivity contribution in [3.05, 3.63) is 100 Å². The van der Waals surface area contributed by atoms with E-state index in [9.17, 15) is 9.90 Å². The third-order valence-corrected chi connectivity index (χ3v) is 8.04. The Morgan fingerprint density at radius 2 is 1.81 bits per heavy atom. The van der Waals surface area contributed by atoms with E-state index in [0.29, 0.717) is 22.1 Å². The topological polar surface area (TPSA) is 111 Å². The van der Waals surface area contributed by atoms with Crippen molar-refractivity contribution in [3.8, 4) is 21.7 Å². The molecule has 0 unspecified atom stereocenters. The van der Waals surface area contributed by atoms with Gasteiger partial charge >= 0.3 is 5.97 Å². The maximum absolute atomic E-state index is 12.6. The van der Waals surface area contributed by atoms with E-state index in [-0.39, 0.29) is 0 Å². The molecule has 0 bridgehead atoms. The Morgan fingerprint density at radius 3 is 2.49 bits per heavy atom. The van der Waals surface area contributed by atoms with E-state index in [0.717, 1.165) is 48.7 Å². The number of aryl methyl sites for hydroxylation is 1. The molecule has 0 amide bonds. The average Bonchev–Trinajstić information content (AvgIpc) is 3.38. The molecule has 218 valence electrons. The molecule has 0 radical (unpaired) electrons. The van der Waals surface area contributed by atoms with Gasteiger partial charge in [0, 0.05) is 33.5 Å². The maximum Gasteiger partial charge on any atom is 0.337 e. The number of ether oxygens (including phenoxy) is 1. The SMILES string of the molecule is C=Cc1nc(N)ccc1/C=C/c1cc(-c2nc3cc(C)c([C@H](OC(C)(C)C)C(=O)O)c(-c4ccc(Cl)cc4)c3s2)ccn1. The molecule has 5 aromatic rings. The smallest absolute Gasteiger partial charge is 0.337 e. The van der Waals surface area contributed by atoms with Gasteiger partial charge in [0.1, 0.15) is 10.8 Å². The number of rotatable bonds is 8. The number of fused-ring (bicyclic) bond motifs is 1. The number of aromatic nitrogens is 3. The van der Waals surface area contributed by atoms with Crippen LogP contribution in [0.2, 0.25) is 5.02 Å². The van der Waals surface area contributed by atoms with Crippen molar-refractivity contribution in [3.63, 3.8) is 0 Å². The van der Waals surface area contributed by atoms with Crippen molar-refractivity contribution in [2.75, 3.05) is 5.73 Å². The van der Waals surface area contributed by atoms with Crippen LogP contribution in [-0.2, 0) is 9.53 Å². The summed E-state index contributed by atoms with van der Waals surface area (Å²) in [7, 11) is 0. The first-order valence-electron chi connectivity index (χ1n) is 13.6. The lowest BCUT2D eigenvalue weighted by Crippen LogP contribution is -2.28. The lowest BCUT2D eigenvalue weighted by molar-refractivity contribution is -0.160. The number of hydrogen-bond acceptors (Lipinski definition) is 7. The summed E-state index contributed by atoms with van der Waals surface area (Å²) in [6, 6.07) is 16.8. The zero-order valence-corrected chi connectivity index (χ0v) is 25.8. The fourth-order valence-corrected chi connectivity index (χ4v) is 6.06. The molecule has 2 aromatic carbocycles. The van der Waals surface area contributed by atoms with Crippen molar-refractivity contribution in [2.24, 2.45) is 0 Å². The Labute approximate surface area is 259 Å². The highest BCUT2D eigenvalue weighted by Crippen LogP contribution is 2.44. The molecular formula is C34H31ClN4O3S. The molecule has 3 aromatic heterocycles. The summed E-state index contributed by atoms with van der Waals surface area (Å²) in [5.41, 5.74) is 12.1. The largest absolute Gasteiger partial charge is 0.479 e. The summed E-state index contributed by atoms with van der Waals surface area (Å²) in [5.74, 6) is -0.627. The second kappa shape index (κ2) is 12.1. The number of carboxylic acid groups (broad SMARTS) is 1. The molecule has 0 saturated heterocycles. The number of pyridine rings is 2. The number of carbonyl (C=O) groups is 1. The van der Waals surface area contributed by atoms with Crippen LogP contribution in [0.25, 0.3) is 50.1 Å². The van der Waals surface area contributed by atoms with Crippen LogP contribution in [-0.4, -0.2) is 31.6 Å². The van der Waals surface area contributed by atoms with Gasteiger partial charge in [-0.15, -0.1) is 11.3 Å². The van der Waals surface area contributed by atoms with Crippen LogP contribution in [0.15, 0.2) is 67.4 Å². The van der Waals surface area contributed by atoms with Crippen LogP contribution >= 0.6 is 22.9 Å². The third-order valence-electron chi connectivity index (χ3n) is 6.65. The first kappa shape index (κ1) is 30.1. The van der Waals surface area contributed by atoms with Crippen LogP contribution in [0.4, 0.5) is 5.82 Å². The minimum Gasteiger partial charge on any atom is -0.479 e. The number of hydrogen-bond donors (Lipinski definition) is 2. The van der Waals surface area contributed by atoms with Crippen LogP contribution in [0.5, 0.6) is 0 Å². The highest BCUT2D eigenvalue weighted by atomic mass is 35.5. The Balaban J connectivity index is 1.64. The Hall–Kier alpha value is -4.37. The summed E-state index contributed by atoms with van der Waals surface area (Å²) < 4.78 is 6.98. The normalized spacial score (nSPS) is 12.6. The monoisotopic (exact) mass is 610 g/mol. The van der Waals surface area contributed by atoms with Gasteiger partial charge in [-0.25, -0.2) is 14.8 Å². The molecule has 5 rings (SSSR count). The minimum absolute atomic E-state index is 0.430. The Morgan fingerprint density at radius 1 is 1.07 bits per heavy atom. The van der Waals surface area contributed by atoms with Gasteiger partial charge in [-0.2, -0.15) is 0 Å². The number of thiazole rings is 1. The molecule has 0 spiro atoms. The number of carboxylic acids is 1. The number of nitrogen functional groups attached to an aromatic ring is 1. The lowest BCUT2D eigenvalue weighted by Gasteiger charge is -2.28. The van der Waals surface area contributed by atoms with Crippen LogP contribution in [0.1, 0.15) is 55.0 Å². The molecule has 3 N–H and O–H groups in total. The van der Waals surface area contributed by atoms with Crippen LogP contribution in [0, 0.1) is 6.92 Å². The minimum atomic E-state index is -1.18. The second-order valence-corrected chi connectivity index (χ2v) is 12.5. The van der Waals surface area contributed by atoms with Gasteiger partial charge < -0.3 is 15.6 Å². The zero-order valence-electron chi connectivity index (χ0n) is 24.3. The summed E-state index contributed by atoms with van der Waals surface area (Å²) >= 11 is 7.72. The van der Waals surface area contributed by atoms with E-state index in [2.05, 4.69) is 16.5 Å². The summed E-state index contributed by atoms with van der Waals surface area (Å²) in [6.45, 7) is 11.3. The first-order chi connectivity index (χ1) is 20.4. The molecule has 43 heavy (non-hydrogen) atoms. The van der Waals surface area contributed by atoms with Crippen molar-refractivity contribution in [2.45, 2.75) is 39.4 Å².